The summed E-state index contributed by atoms with van der Waals surface area (Å²) in [5, 5.41) is 9.77. The fraction of sp³-hybridized carbons (Fsp3) is 0.200. The first-order valence-electron chi connectivity index (χ1n) is 7.77. The van der Waals surface area contributed by atoms with Crippen molar-refractivity contribution in [2.75, 3.05) is 0 Å². The van der Waals surface area contributed by atoms with Gasteiger partial charge in [0, 0.05) is 24.2 Å². The molecule has 110 valence electrons. The number of fused-ring (bicyclic) bond motifs is 3. The number of aromatic nitrogens is 1. The Morgan fingerprint density at radius 3 is 2.45 bits per heavy atom. The standard InChI is InChI=1S/C20H19NO/c1-14(22)13-21-12-11-18-19(15-7-3-2-4-8-15)16-9-5-6-10-17(16)20(18)21/h2-12,14,19,22H,13H2,1H3. The minimum atomic E-state index is -0.348. The van der Waals surface area contributed by atoms with Crippen molar-refractivity contribution in [2.24, 2.45) is 0 Å². The number of nitrogens with zero attached hydrogens (tertiary/aromatic N) is 1. The molecule has 1 aromatic heterocycles. The zero-order valence-electron chi connectivity index (χ0n) is 12.6. The fourth-order valence-corrected chi connectivity index (χ4v) is 3.61. The van der Waals surface area contributed by atoms with E-state index in [1.165, 1.54) is 27.9 Å². The highest BCUT2D eigenvalue weighted by molar-refractivity contribution is 5.78. The molecule has 0 saturated heterocycles. The Morgan fingerprint density at radius 2 is 1.68 bits per heavy atom. The number of hydrogen-bond acceptors (Lipinski definition) is 1. The highest BCUT2D eigenvalue weighted by atomic mass is 16.3. The maximum atomic E-state index is 9.77. The molecule has 1 N–H and O–H groups in total. The van der Waals surface area contributed by atoms with Crippen molar-refractivity contribution in [3.63, 3.8) is 0 Å². The van der Waals surface area contributed by atoms with E-state index < -0.39 is 0 Å². The molecule has 0 amide bonds. The highest BCUT2D eigenvalue weighted by Crippen LogP contribution is 2.48. The van der Waals surface area contributed by atoms with Crippen molar-refractivity contribution < 1.29 is 5.11 Å². The van der Waals surface area contributed by atoms with E-state index in [1.54, 1.807) is 0 Å². The molecule has 0 spiro atoms. The van der Waals surface area contributed by atoms with Gasteiger partial charge >= 0.3 is 0 Å². The molecule has 22 heavy (non-hydrogen) atoms. The van der Waals surface area contributed by atoms with Crippen LogP contribution in [0.2, 0.25) is 0 Å². The van der Waals surface area contributed by atoms with Gasteiger partial charge in [-0.3, -0.25) is 0 Å². The summed E-state index contributed by atoms with van der Waals surface area (Å²) in [5.41, 5.74) is 6.57. The molecule has 2 atom stereocenters. The van der Waals surface area contributed by atoms with Crippen LogP contribution in [0.1, 0.15) is 29.5 Å². The fourth-order valence-electron chi connectivity index (χ4n) is 3.61. The van der Waals surface area contributed by atoms with E-state index in [0.717, 1.165) is 0 Å². The molecule has 1 heterocycles. The van der Waals surface area contributed by atoms with Gasteiger partial charge in [0.05, 0.1) is 11.8 Å². The Balaban J connectivity index is 1.92. The average Bonchev–Trinajstić information content (AvgIpc) is 3.06. The molecule has 4 rings (SSSR count). The lowest BCUT2D eigenvalue weighted by Crippen LogP contribution is -2.11. The first kappa shape index (κ1) is 13.4. The van der Waals surface area contributed by atoms with E-state index in [2.05, 4.69) is 71.4 Å². The molecular weight excluding hydrogens is 270 g/mol. The second-order valence-electron chi connectivity index (χ2n) is 6.05. The molecule has 1 aliphatic carbocycles. The lowest BCUT2D eigenvalue weighted by atomic mass is 9.90. The topological polar surface area (TPSA) is 25.2 Å². The summed E-state index contributed by atoms with van der Waals surface area (Å²) in [4.78, 5) is 0. The van der Waals surface area contributed by atoms with Crippen molar-refractivity contribution in [3.05, 3.63) is 83.6 Å². The van der Waals surface area contributed by atoms with Gasteiger partial charge in [-0.2, -0.15) is 0 Å². The van der Waals surface area contributed by atoms with Crippen molar-refractivity contribution in [2.45, 2.75) is 25.5 Å². The monoisotopic (exact) mass is 289 g/mol. The predicted octanol–water partition coefficient (Wildman–Crippen LogP) is 4.03. The molecular formula is C20H19NO. The number of aliphatic hydroxyl groups excluding tert-OH is 1. The zero-order valence-corrected chi connectivity index (χ0v) is 12.6. The van der Waals surface area contributed by atoms with Crippen LogP contribution in [0.4, 0.5) is 0 Å². The first-order chi connectivity index (χ1) is 10.8. The average molecular weight is 289 g/mol. The Kier molecular flexibility index (Phi) is 3.12. The minimum absolute atomic E-state index is 0.294. The predicted molar refractivity (Wildman–Crippen MR) is 88.9 cm³/mol. The third-order valence-corrected chi connectivity index (χ3v) is 4.43. The van der Waals surface area contributed by atoms with Crippen LogP contribution in [-0.2, 0) is 6.54 Å². The lowest BCUT2D eigenvalue weighted by molar-refractivity contribution is 0.174. The molecule has 2 heteroatoms. The van der Waals surface area contributed by atoms with Crippen LogP contribution in [0.3, 0.4) is 0 Å². The van der Waals surface area contributed by atoms with Crippen LogP contribution in [0.5, 0.6) is 0 Å². The summed E-state index contributed by atoms with van der Waals surface area (Å²) >= 11 is 0. The SMILES string of the molecule is CC(O)Cn1ccc2c1-c1ccccc1C2c1ccccc1. The lowest BCUT2D eigenvalue weighted by Gasteiger charge is -2.13. The largest absolute Gasteiger partial charge is 0.392 e. The van der Waals surface area contributed by atoms with E-state index in [1.807, 2.05) is 6.92 Å². The van der Waals surface area contributed by atoms with Crippen molar-refractivity contribution >= 4 is 0 Å². The zero-order chi connectivity index (χ0) is 15.1. The maximum absolute atomic E-state index is 9.77. The summed E-state index contributed by atoms with van der Waals surface area (Å²) in [6.45, 7) is 2.47. The molecule has 2 nitrogen and oxygen atoms in total. The molecule has 0 bridgehead atoms. The van der Waals surface area contributed by atoms with Gasteiger partial charge in [-0.1, -0.05) is 54.6 Å². The Bertz CT molecular complexity index is 802. The van der Waals surface area contributed by atoms with Crippen molar-refractivity contribution in [1.82, 2.24) is 4.57 Å². The summed E-state index contributed by atoms with van der Waals surface area (Å²) < 4.78 is 2.18. The second kappa shape index (κ2) is 5.15. The van der Waals surface area contributed by atoms with Crippen LogP contribution in [-0.4, -0.2) is 15.8 Å². The molecule has 2 unspecified atom stereocenters. The van der Waals surface area contributed by atoms with Gasteiger partial charge in [0.2, 0.25) is 0 Å². The van der Waals surface area contributed by atoms with Crippen LogP contribution in [0, 0.1) is 0 Å². The number of benzene rings is 2. The molecule has 2 aromatic carbocycles. The minimum Gasteiger partial charge on any atom is -0.392 e. The summed E-state index contributed by atoms with van der Waals surface area (Å²) in [7, 11) is 0. The van der Waals surface area contributed by atoms with E-state index >= 15 is 0 Å². The van der Waals surface area contributed by atoms with Gasteiger partial charge in [-0.15, -0.1) is 0 Å². The van der Waals surface area contributed by atoms with Gasteiger partial charge in [-0.05, 0) is 29.7 Å². The van der Waals surface area contributed by atoms with Gasteiger partial charge in [0.15, 0.2) is 0 Å². The Hall–Kier alpha value is -2.32. The van der Waals surface area contributed by atoms with E-state index in [4.69, 9.17) is 0 Å². The quantitative estimate of drug-likeness (QED) is 0.605. The normalized spacial score (nSPS) is 17.1. The van der Waals surface area contributed by atoms with Gasteiger partial charge in [0.25, 0.3) is 0 Å². The second-order valence-corrected chi connectivity index (χ2v) is 6.05. The van der Waals surface area contributed by atoms with Crippen LogP contribution in [0.25, 0.3) is 11.3 Å². The molecule has 0 saturated carbocycles. The summed E-state index contributed by atoms with van der Waals surface area (Å²) in [6.07, 6.45) is 1.75. The van der Waals surface area contributed by atoms with Crippen LogP contribution >= 0.6 is 0 Å². The third kappa shape index (κ3) is 1.99. The highest BCUT2D eigenvalue weighted by Gasteiger charge is 2.32. The van der Waals surface area contributed by atoms with Crippen LogP contribution in [0.15, 0.2) is 66.9 Å². The summed E-state index contributed by atoms with van der Waals surface area (Å²) in [5.74, 6) is 0.294. The molecule has 1 aliphatic rings. The number of aliphatic hydroxyl groups is 1. The third-order valence-electron chi connectivity index (χ3n) is 4.43. The van der Waals surface area contributed by atoms with E-state index in [0.29, 0.717) is 12.5 Å². The van der Waals surface area contributed by atoms with E-state index in [-0.39, 0.29) is 6.10 Å². The maximum Gasteiger partial charge on any atom is 0.0691 e. The Labute approximate surface area is 130 Å². The number of rotatable bonds is 3. The first-order valence-corrected chi connectivity index (χ1v) is 7.77. The molecule has 0 fully saturated rings. The molecule has 3 aromatic rings. The van der Waals surface area contributed by atoms with Gasteiger partial charge in [-0.25, -0.2) is 0 Å². The van der Waals surface area contributed by atoms with Crippen molar-refractivity contribution in [3.8, 4) is 11.3 Å². The molecule has 0 aliphatic heterocycles. The molecule has 0 radical (unpaired) electrons. The smallest absolute Gasteiger partial charge is 0.0691 e. The summed E-state index contributed by atoms with van der Waals surface area (Å²) in [6, 6.07) is 21.5. The Morgan fingerprint density at radius 1 is 0.955 bits per heavy atom. The number of hydrogen-bond donors (Lipinski definition) is 1. The van der Waals surface area contributed by atoms with Crippen LogP contribution < -0.4 is 0 Å². The van der Waals surface area contributed by atoms with E-state index in [9.17, 15) is 5.11 Å². The van der Waals surface area contributed by atoms with Crippen molar-refractivity contribution in [1.29, 1.82) is 0 Å². The van der Waals surface area contributed by atoms with Gasteiger partial charge in [0.1, 0.15) is 0 Å². The van der Waals surface area contributed by atoms with Gasteiger partial charge < -0.3 is 9.67 Å².